The number of hydrogen-bond acceptors (Lipinski definition) is 5. The van der Waals surface area contributed by atoms with E-state index in [4.69, 9.17) is 9.47 Å². The molecule has 0 atom stereocenters. The van der Waals surface area contributed by atoms with Crippen molar-refractivity contribution in [1.29, 1.82) is 0 Å². The van der Waals surface area contributed by atoms with Crippen LogP contribution in [0.25, 0.3) is 10.9 Å². The van der Waals surface area contributed by atoms with E-state index in [0.717, 1.165) is 0 Å². The van der Waals surface area contributed by atoms with Crippen molar-refractivity contribution in [1.82, 2.24) is 4.98 Å². The first-order chi connectivity index (χ1) is 12.1. The Labute approximate surface area is 144 Å². The van der Waals surface area contributed by atoms with E-state index in [1.807, 2.05) is 18.2 Å². The minimum absolute atomic E-state index is 0.181. The first-order valence-electron chi connectivity index (χ1n) is 7.79. The molecule has 1 aromatic heterocycles. The van der Waals surface area contributed by atoms with Crippen molar-refractivity contribution >= 4 is 28.2 Å². The molecule has 3 aromatic rings. The Kier molecular flexibility index (Phi) is 4.79. The molecule has 0 aliphatic rings. The summed E-state index contributed by atoms with van der Waals surface area (Å²) in [6.45, 7) is 1.96. The van der Waals surface area contributed by atoms with Crippen LogP contribution in [0.5, 0.6) is 5.75 Å². The van der Waals surface area contributed by atoms with Crippen molar-refractivity contribution in [3.63, 3.8) is 0 Å². The molecule has 1 heterocycles. The van der Waals surface area contributed by atoms with Crippen molar-refractivity contribution in [3.05, 3.63) is 60.0 Å². The molecule has 6 heteroatoms. The van der Waals surface area contributed by atoms with Crippen LogP contribution in [0.3, 0.4) is 0 Å². The summed E-state index contributed by atoms with van der Waals surface area (Å²) >= 11 is 0. The Morgan fingerprint density at radius 3 is 2.80 bits per heavy atom. The number of para-hydroxylation sites is 1. The summed E-state index contributed by atoms with van der Waals surface area (Å²) in [5.74, 6) is -0.319. The summed E-state index contributed by atoms with van der Waals surface area (Å²) in [5.41, 5.74) is 1.56. The predicted molar refractivity (Wildman–Crippen MR) is 93.9 cm³/mol. The average molecular weight is 340 g/mol. The lowest BCUT2D eigenvalue weighted by Gasteiger charge is -2.15. The SMILES string of the molecule is CCOC(=O)c1cnc2c(F)cccc2c1Nc1cccc(OC)c1. The summed E-state index contributed by atoms with van der Waals surface area (Å²) in [5, 5.41) is 3.66. The fourth-order valence-corrected chi connectivity index (χ4v) is 2.53. The average Bonchev–Trinajstić information content (AvgIpc) is 2.63. The van der Waals surface area contributed by atoms with E-state index in [-0.39, 0.29) is 17.7 Å². The quantitative estimate of drug-likeness (QED) is 0.702. The van der Waals surface area contributed by atoms with E-state index >= 15 is 0 Å². The summed E-state index contributed by atoms with van der Waals surface area (Å²) < 4.78 is 24.4. The maximum Gasteiger partial charge on any atom is 0.341 e. The molecule has 0 saturated carbocycles. The molecule has 0 saturated heterocycles. The second-order valence-corrected chi connectivity index (χ2v) is 5.26. The molecular weight excluding hydrogens is 323 g/mol. The van der Waals surface area contributed by atoms with Gasteiger partial charge in [0.2, 0.25) is 0 Å². The molecule has 0 unspecified atom stereocenters. The molecule has 0 radical (unpaired) electrons. The van der Waals surface area contributed by atoms with Crippen molar-refractivity contribution in [2.45, 2.75) is 6.92 Å². The molecule has 0 spiro atoms. The van der Waals surface area contributed by atoms with Gasteiger partial charge in [-0.15, -0.1) is 0 Å². The van der Waals surface area contributed by atoms with E-state index in [1.54, 1.807) is 32.2 Å². The Bertz CT molecular complexity index is 928. The van der Waals surface area contributed by atoms with Gasteiger partial charge in [-0.3, -0.25) is 4.98 Å². The van der Waals surface area contributed by atoms with Crippen LogP contribution in [0.4, 0.5) is 15.8 Å². The number of rotatable bonds is 5. The molecule has 1 N–H and O–H groups in total. The topological polar surface area (TPSA) is 60.5 Å². The third-order valence-electron chi connectivity index (χ3n) is 3.68. The number of halogens is 1. The van der Waals surface area contributed by atoms with Crippen molar-refractivity contribution in [3.8, 4) is 5.75 Å². The molecule has 0 bridgehead atoms. The van der Waals surface area contributed by atoms with Gasteiger partial charge < -0.3 is 14.8 Å². The monoisotopic (exact) mass is 340 g/mol. The zero-order valence-corrected chi connectivity index (χ0v) is 13.9. The van der Waals surface area contributed by atoms with Crippen LogP contribution in [-0.4, -0.2) is 24.7 Å². The number of nitrogens with one attached hydrogen (secondary N) is 1. The van der Waals surface area contributed by atoms with Crippen LogP contribution in [-0.2, 0) is 4.74 Å². The number of nitrogens with zero attached hydrogens (tertiary/aromatic N) is 1. The number of benzene rings is 2. The number of carbonyl (C=O) groups is 1. The molecular formula is C19H17FN2O3. The summed E-state index contributed by atoms with van der Waals surface area (Å²) in [6, 6.07) is 11.8. The predicted octanol–water partition coefficient (Wildman–Crippen LogP) is 4.30. The highest BCUT2D eigenvalue weighted by Gasteiger charge is 2.18. The minimum atomic E-state index is -0.522. The second-order valence-electron chi connectivity index (χ2n) is 5.26. The van der Waals surface area contributed by atoms with Crippen LogP contribution in [0, 0.1) is 5.82 Å². The number of esters is 1. The standard InChI is InChI=1S/C19H17FN2O3/c1-3-25-19(23)15-11-21-18-14(8-5-9-16(18)20)17(15)22-12-6-4-7-13(10-12)24-2/h4-11H,3H2,1-2H3,(H,21,22). The van der Waals surface area contributed by atoms with Crippen LogP contribution in [0.1, 0.15) is 17.3 Å². The van der Waals surface area contributed by atoms with Gasteiger partial charge in [0.05, 0.1) is 19.4 Å². The Balaban J connectivity index is 2.16. The summed E-state index contributed by atoms with van der Waals surface area (Å²) in [7, 11) is 1.57. The first-order valence-corrected chi connectivity index (χ1v) is 7.79. The van der Waals surface area contributed by atoms with E-state index in [9.17, 15) is 9.18 Å². The molecule has 0 aliphatic carbocycles. The Hall–Kier alpha value is -3.15. The lowest BCUT2D eigenvalue weighted by atomic mass is 10.1. The van der Waals surface area contributed by atoms with Gasteiger partial charge in [0.1, 0.15) is 22.6 Å². The normalized spacial score (nSPS) is 10.5. The largest absolute Gasteiger partial charge is 0.497 e. The van der Waals surface area contributed by atoms with Gasteiger partial charge in [0.25, 0.3) is 0 Å². The van der Waals surface area contributed by atoms with Gasteiger partial charge in [-0.05, 0) is 25.1 Å². The Morgan fingerprint density at radius 1 is 1.24 bits per heavy atom. The maximum atomic E-state index is 14.1. The van der Waals surface area contributed by atoms with E-state index in [2.05, 4.69) is 10.3 Å². The van der Waals surface area contributed by atoms with Gasteiger partial charge in [-0.2, -0.15) is 0 Å². The number of carbonyl (C=O) groups excluding carboxylic acids is 1. The molecule has 25 heavy (non-hydrogen) atoms. The van der Waals surface area contributed by atoms with Gasteiger partial charge >= 0.3 is 5.97 Å². The highest BCUT2D eigenvalue weighted by molar-refractivity contribution is 6.06. The molecule has 0 amide bonds. The summed E-state index contributed by atoms with van der Waals surface area (Å²) in [6.07, 6.45) is 1.33. The third-order valence-corrected chi connectivity index (χ3v) is 3.68. The van der Waals surface area contributed by atoms with E-state index in [1.165, 1.54) is 12.3 Å². The molecule has 5 nitrogen and oxygen atoms in total. The van der Waals surface area contributed by atoms with Crippen molar-refractivity contribution in [2.24, 2.45) is 0 Å². The Morgan fingerprint density at radius 2 is 2.04 bits per heavy atom. The van der Waals surface area contributed by atoms with Crippen LogP contribution < -0.4 is 10.1 Å². The van der Waals surface area contributed by atoms with Crippen molar-refractivity contribution in [2.75, 3.05) is 19.0 Å². The maximum absolute atomic E-state index is 14.1. The van der Waals surface area contributed by atoms with Gasteiger partial charge in [0, 0.05) is 23.3 Å². The lowest BCUT2D eigenvalue weighted by Crippen LogP contribution is -2.09. The minimum Gasteiger partial charge on any atom is -0.497 e. The number of methoxy groups -OCH3 is 1. The number of anilines is 2. The number of fused-ring (bicyclic) bond motifs is 1. The number of hydrogen-bond donors (Lipinski definition) is 1. The van der Waals surface area contributed by atoms with Gasteiger partial charge in [-0.25, -0.2) is 9.18 Å². The van der Waals surface area contributed by atoms with E-state index in [0.29, 0.717) is 22.5 Å². The number of pyridine rings is 1. The molecule has 0 aliphatic heterocycles. The van der Waals surface area contributed by atoms with Crippen LogP contribution in [0.2, 0.25) is 0 Å². The zero-order valence-electron chi connectivity index (χ0n) is 13.9. The second kappa shape index (κ2) is 7.17. The van der Waals surface area contributed by atoms with Gasteiger partial charge in [-0.1, -0.05) is 18.2 Å². The molecule has 3 rings (SSSR count). The fourth-order valence-electron chi connectivity index (χ4n) is 2.53. The fraction of sp³-hybridized carbons (Fsp3) is 0.158. The van der Waals surface area contributed by atoms with Gasteiger partial charge in [0.15, 0.2) is 0 Å². The first kappa shape index (κ1) is 16.7. The lowest BCUT2D eigenvalue weighted by molar-refractivity contribution is 0.0527. The molecule has 2 aromatic carbocycles. The summed E-state index contributed by atoms with van der Waals surface area (Å²) in [4.78, 5) is 16.4. The van der Waals surface area contributed by atoms with E-state index < -0.39 is 11.8 Å². The third kappa shape index (κ3) is 3.38. The molecule has 0 fully saturated rings. The highest BCUT2D eigenvalue weighted by Crippen LogP contribution is 2.31. The van der Waals surface area contributed by atoms with Crippen molar-refractivity contribution < 1.29 is 18.7 Å². The zero-order chi connectivity index (χ0) is 17.8. The number of aromatic nitrogens is 1. The molecule has 128 valence electrons. The highest BCUT2D eigenvalue weighted by atomic mass is 19.1. The van der Waals surface area contributed by atoms with Crippen LogP contribution in [0.15, 0.2) is 48.7 Å². The van der Waals surface area contributed by atoms with Crippen LogP contribution >= 0.6 is 0 Å². The smallest absolute Gasteiger partial charge is 0.341 e. The number of ether oxygens (including phenoxy) is 2.